The number of rotatable bonds is 2. The zero-order valence-corrected chi connectivity index (χ0v) is 11.3. The second kappa shape index (κ2) is 5.16. The Hall–Kier alpha value is -1.26. The van der Waals surface area contributed by atoms with E-state index >= 15 is 0 Å². The largest absolute Gasteiger partial charge is 0.320 e. The predicted octanol–water partition coefficient (Wildman–Crippen LogP) is 4.08. The average Bonchev–Trinajstić information content (AvgIpc) is 2.35. The van der Waals surface area contributed by atoms with Gasteiger partial charge in [-0.2, -0.15) is 0 Å². The molecule has 0 aliphatic rings. The zero-order chi connectivity index (χ0) is 13.3. The summed E-state index contributed by atoms with van der Waals surface area (Å²) in [6, 6.07) is 9.73. The van der Waals surface area contributed by atoms with Gasteiger partial charge in [0.05, 0.1) is 10.5 Å². The first-order valence-corrected chi connectivity index (χ1v) is 6.25. The number of halogens is 3. The molecule has 2 aromatic carbocycles. The van der Waals surface area contributed by atoms with Gasteiger partial charge in [-0.1, -0.05) is 35.9 Å². The summed E-state index contributed by atoms with van der Waals surface area (Å²) in [6.07, 6.45) is 0. The molecule has 94 valence electrons. The van der Waals surface area contributed by atoms with Gasteiger partial charge in [0.15, 0.2) is 11.6 Å². The molecule has 0 saturated heterocycles. The number of hydrogen-bond acceptors (Lipinski definition) is 1. The van der Waals surface area contributed by atoms with E-state index in [4.69, 9.17) is 5.73 Å². The highest BCUT2D eigenvalue weighted by molar-refractivity contribution is 9.10. The van der Waals surface area contributed by atoms with Gasteiger partial charge in [0, 0.05) is 0 Å². The Balaban J connectivity index is 2.46. The van der Waals surface area contributed by atoms with E-state index in [9.17, 15) is 8.78 Å². The summed E-state index contributed by atoms with van der Waals surface area (Å²) in [5, 5.41) is 0. The van der Waals surface area contributed by atoms with Crippen LogP contribution in [0.4, 0.5) is 8.78 Å². The first kappa shape index (κ1) is 13.2. The molecule has 4 heteroatoms. The van der Waals surface area contributed by atoms with E-state index in [0.29, 0.717) is 5.56 Å². The van der Waals surface area contributed by atoms with Crippen molar-refractivity contribution in [1.82, 2.24) is 0 Å². The van der Waals surface area contributed by atoms with Gasteiger partial charge in [-0.25, -0.2) is 8.78 Å². The Bertz CT molecular complexity index is 584. The van der Waals surface area contributed by atoms with Crippen molar-refractivity contribution >= 4 is 15.9 Å². The molecule has 0 aromatic heterocycles. The van der Waals surface area contributed by atoms with E-state index in [-0.39, 0.29) is 4.47 Å². The van der Waals surface area contributed by atoms with Crippen LogP contribution in [0, 0.1) is 18.6 Å². The highest BCUT2D eigenvalue weighted by Gasteiger charge is 2.17. The van der Waals surface area contributed by atoms with E-state index in [2.05, 4.69) is 15.9 Å². The summed E-state index contributed by atoms with van der Waals surface area (Å²) >= 11 is 3.05. The molecule has 0 aliphatic carbocycles. The minimum absolute atomic E-state index is 0.0801. The lowest BCUT2D eigenvalue weighted by atomic mass is 9.98. The normalized spacial score (nSPS) is 12.5. The van der Waals surface area contributed by atoms with Crippen molar-refractivity contribution in [2.24, 2.45) is 5.73 Å². The molecule has 0 bridgehead atoms. The van der Waals surface area contributed by atoms with Crippen LogP contribution in [0.1, 0.15) is 22.7 Å². The molecular formula is C14H12BrF2N. The number of hydrogen-bond donors (Lipinski definition) is 1. The number of benzene rings is 2. The van der Waals surface area contributed by atoms with E-state index in [1.54, 1.807) is 0 Å². The fourth-order valence-electron chi connectivity index (χ4n) is 1.82. The fraction of sp³-hybridized carbons (Fsp3) is 0.143. The first-order valence-electron chi connectivity index (χ1n) is 5.46. The maximum atomic E-state index is 13.5. The van der Waals surface area contributed by atoms with Gasteiger partial charge in [0.1, 0.15) is 0 Å². The van der Waals surface area contributed by atoms with Crippen molar-refractivity contribution in [3.05, 3.63) is 69.2 Å². The number of nitrogens with two attached hydrogens (primary N) is 1. The Labute approximate surface area is 113 Å². The fourth-order valence-corrected chi connectivity index (χ4v) is 2.39. The molecule has 1 unspecified atom stereocenters. The van der Waals surface area contributed by atoms with Gasteiger partial charge in [-0.15, -0.1) is 0 Å². The molecule has 0 fully saturated rings. The zero-order valence-electron chi connectivity index (χ0n) is 9.75. The summed E-state index contributed by atoms with van der Waals surface area (Å²) in [7, 11) is 0. The molecule has 0 radical (unpaired) electrons. The average molecular weight is 312 g/mol. The van der Waals surface area contributed by atoms with Crippen molar-refractivity contribution in [3.8, 4) is 0 Å². The number of aryl methyl sites for hydroxylation is 1. The Morgan fingerprint density at radius 2 is 1.89 bits per heavy atom. The van der Waals surface area contributed by atoms with Crippen LogP contribution < -0.4 is 5.73 Å². The molecule has 0 aliphatic heterocycles. The summed E-state index contributed by atoms with van der Waals surface area (Å²) in [6.45, 7) is 1.95. The molecule has 0 heterocycles. The standard InChI is InChI=1S/C14H12BrF2N/c1-8-3-2-4-9(7-8)14(18)10-5-6-11(16)13(17)12(10)15/h2-7,14H,18H2,1H3. The van der Waals surface area contributed by atoms with Gasteiger partial charge >= 0.3 is 0 Å². The van der Waals surface area contributed by atoms with Gasteiger partial charge in [0.2, 0.25) is 0 Å². The topological polar surface area (TPSA) is 26.0 Å². The minimum Gasteiger partial charge on any atom is -0.320 e. The van der Waals surface area contributed by atoms with Gasteiger partial charge in [-0.3, -0.25) is 0 Å². The first-order chi connectivity index (χ1) is 8.50. The molecule has 18 heavy (non-hydrogen) atoms. The molecular weight excluding hydrogens is 300 g/mol. The van der Waals surface area contributed by atoms with Crippen LogP contribution in [-0.2, 0) is 0 Å². The molecule has 1 nitrogen and oxygen atoms in total. The summed E-state index contributed by atoms with van der Waals surface area (Å²) in [5.74, 6) is -1.79. The molecule has 2 rings (SSSR count). The lowest BCUT2D eigenvalue weighted by Gasteiger charge is -2.15. The lowest BCUT2D eigenvalue weighted by Crippen LogP contribution is -2.13. The van der Waals surface area contributed by atoms with Crippen molar-refractivity contribution < 1.29 is 8.78 Å². The second-order valence-electron chi connectivity index (χ2n) is 4.16. The van der Waals surface area contributed by atoms with Crippen molar-refractivity contribution in [2.75, 3.05) is 0 Å². The van der Waals surface area contributed by atoms with Crippen LogP contribution >= 0.6 is 15.9 Å². The Morgan fingerprint density at radius 3 is 2.56 bits per heavy atom. The van der Waals surface area contributed by atoms with Crippen LogP contribution in [-0.4, -0.2) is 0 Å². The third-order valence-electron chi connectivity index (χ3n) is 2.80. The Kier molecular flexibility index (Phi) is 3.78. The third kappa shape index (κ3) is 2.44. The highest BCUT2D eigenvalue weighted by Crippen LogP contribution is 2.30. The van der Waals surface area contributed by atoms with Crippen molar-refractivity contribution in [2.45, 2.75) is 13.0 Å². The molecule has 1 atom stereocenters. The monoisotopic (exact) mass is 311 g/mol. The smallest absolute Gasteiger partial charge is 0.173 e. The lowest BCUT2D eigenvalue weighted by molar-refractivity contribution is 0.501. The van der Waals surface area contributed by atoms with Crippen LogP contribution in [0.25, 0.3) is 0 Å². The molecule has 2 aromatic rings. The van der Waals surface area contributed by atoms with Crippen LogP contribution in [0.3, 0.4) is 0 Å². The van der Waals surface area contributed by atoms with Crippen LogP contribution in [0.2, 0.25) is 0 Å². The quantitative estimate of drug-likeness (QED) is 0.831. The molecule has 0 amide bonds. The van der Waals surface area contributed by atoms with E-state index in [1.807, 2.05) is 31.2 Å². The highest BCUT2D eigenvalue weighted by atomic mass is 79.9. The predicted molar refractivity (Wildman–Crippen MR) is 71.3 cm³/mol. The minimum atomic E-state index is -0.907. The maximum Gasteiger partial charge on any atom is 0.173 e. The van der Waals surface area contributed by atoms with Crippen molar-refractivity contribution in [1.29, 1.82) is 0 Å². The summed E-state index contributed by atoms with van der Waals surface area (Å²) in [5.41, 5.74) is 8.55. The summed E-state index contributed by atoms with van der Waals surface area (Å²) in [4.78, 5) is 0. The molecule has 0 saturated carbocycles. The van der Waals surface area contributed by atoms with Crippen LogP contribution in [0.5, 0.6) is 0 Å². The second-order valence-corrected chi connectivity index (χ2v) is 4.95. The summed E-state index contributed by atoms with van der Waals surface area (Å²) < 4.78 is 26.6. The van der Waals surface area contributed by atoms with E-state index in [0.717, 1.165) is 17.2 Å². The maximum absolute atomic E-state index is 13.5. The van der Waals surface area contributed by atoms with Crippen LogP contribution in [0.15, 0.2) is 40.9 Å². The Morgan fingerprint density at radius 1 is 1.17 bits per heavy atom. The third-order valence-corrected chi connectivity index (χ3v) is 3.61. The molecule has 2 N–H and O–H groups in total. The van der Waals surface area contributed by atoms with Crippen molar-refractivity contribution in [3.63, 3.8) is 0 Å². The van der Waals surface area contributed by atoms with E-state index < -0.39 is 17.7 Å². The van der Waals surface area contributed by atoms with E-state index in [1.165, 1.54) is 6.07 Å². The SMILES string of the molecule is Cc1cccc(C(N)c2ccc(F)c(F)c2Br)c1. The molecule has 0 spiro atoms. The van der Waals surface area contributed by atoms with Gasteiger partial charge < -0.3 is 5.73 Å². The van der Waals surface area contributed by atoms with Gasteiger partial charge in [0.25, 0.3) is 0 Å². The van der Waals surface area contributed by atoms with Gasteiger partial charge in [-0.05, 0) is 40.0 Å².